The molecule has 78 valence electrons. The van der Waals surface area contributed by atoms with E-state index in [1.807, 2.05) is 13.0 Å². The zero-order chi connectivity index (χ0) is 10.8. The van der Waals surface area contributed by atoms with Crippen LogP contribution < -0.4 is 0 Å². The molecule has 15 heavy (non-hydrogen) atoms. The first-order valence-electron chi connectivity index (χ1n) is 5.34. The Morgan fingerprint density at radius 1 is 1.13 bits per heavy atom. The van der Waals surface area contributed by atoms with E-state index in [1.165, 1.54) is 5.56 Å². The number of nitrogens with zero attached hydrogens (tertiary/aromatic N) is 3. The standard InChI is InChI=1S/C12H15N3/c1-4-12-13-11-7-9(8(2)3)5-6-10(11)14-15-12/h5-8H,4H2,1-3H3. The zero-order valence-corrected chi connectivity index (χ0v) is 9.36. The van der Waals surface area contributed by atoms with Gasteiger partial charge in [0, 0.05) is 6.42 Å². The van der Waals surface area contributed by atoms with E-state index >= 15 is 0 Å². The maximum Gasteiger partial charge on any atom is 0.151 e. The Hall–Kier alpha value is -1.51. The number of hydrogen-bond donors (Lipinski definition) is 0. The molecule has 2 aromatic rings. The normalized spacial score (nSPS) is 11.2. The third-order valence-corrected chi connectivity index (χ3v) is 2.51. The molecule has 3 nitrogen and oxygen atoms in total. The molecule has 2 rings (SSSR count). The summed E-state index contributed by atoms with van der Waals surface area (Å²) in [5.41, 5.74) is 3.12. The molecule has 0 saturated carbocycles. The van der Waals surface area contributed by atoms with Gasteiger partial charge >= 0.3 is 0 Å². The average molecular weight is 201 g/mol. The first-order chi connectivity index (χ1) is 7.20. The molecular weight excluding hydrogens is 186 g/mol. The Balaban J connectivity index is 2.57. The first-order valence-corrected chi connectivity index (χ1v) is 5.34. The molecule has 0 fully saturated rings. The minimum atomic E-state index is 0.523. The number of fused-ring (bicyclic) bond motifs is 1. The number of rotatable bonds is 2. The van der Waals surface area contributed by atoms with Crippen LogP contribution >= 0.6 is 0 Å². The van der Waals surface area contributed by atoms with Gasteiger partial charge in [-0.05, 0) is 23.6 Å². The highest BCUT2D eigenvalue weighted by Crippen LogP contribution is 2.18. The van der Waals surface area contributed by atoms with Gasteiger partial charge in [-0.3, -0.25) is 0 Å². The number of hydrogen-bond acceptors (Lipinski definition) is 3. The molecule has 0 N–H and O–H groups in total. The lowest BCUT2D eigenvalue weighted by molar-refractivity contribution is 0.858. The SMILES string of the molecule is CCc1nnc2ccc(C(C)C)cc2n1. The van der Waals surface area contributed by atoms with Crippen molar-refractivity contribution in [3.63, 3.8) is 0 Å². The minimum Gasteiger partial charge on any atom is -0.229 e. The van der Waals surface area contributed by atoms with E-state index < -0.39 is 0 Å². The van der Waals surface area contributed by atoms with Gasteiger partial charge in [0.05, 0.1) is 5.52 Å². The molecule has 0 amide bonds. The molecule has 1 heterocycles. The van der Waals surface area contributed by atoms with Crippen molar-refractivity contribution in [2.75, 3.05) is 0 Å². The molecule has 0 radical (unpaired) electrons. The maximum atomic E-state index is 4.46. The van der Waals surface area contributed by atoms with Crippen LogP contribution in [0.1, 0.15) is 38.1 Å². The molecule has 1 aromatic carbocycles. The van der Waals surface area contributed by atoms with E-state index in [2.05, 4.69) is 41.2 Å². The number of aryl methyl sites for hydroxylation is 1. The Bertz CT molecular complexity index is 477. The van der Waals surface area contributed by atoms with Crippen molar-refractivity contribution in [1.82, 2.24) is 15.2 Å². The summed E-state index contributed by atoms with van der Waals surface area (Å²) in [6.45, 7) is 6.39. The molecule has 3 heteroatoms. The molecule has 0 spiro atoms. The molecule has 0 aliphatic carbocycles. The zero-order valence-electron chi connectivity index (χ0n) is 9.36. The van der Waals surface area contributed by atoms with E-state index in [1.54, 1.807) is 0 Å². The van der Waals surface area contributed by atoms with Gasteiger partial charge in [0.1, 0.15) is 5.52 Å². The van der Waals surface area contributed by atoms with Crippen LogP contribution in [0.2, 0.25) is 0 Å². The third kappa shape index (κ3) is 1.96. The summed E-state index contributed by atoms with van der Waals surface area (Å²) in [5, 5.41) is 8.18. The van der Waals surface area contributed by atoms with Gasteiger partial charge in [0.25, 0.3) is 0 Å². The van der Waals surface area contributed by atoms with Crippen LogP contribution in [0, 0.1) is 0 Å². The number of benzene rings is 1. The smallest absolute Gasteiger partial charge is 0.151 e. The van der Waals surface area contributed by atoms with Crippen molar-refractivity contribution in [3.05, 3.63) is 29.6 Å². The molecule has 1 aromatic heterocycles. The summed E-state index contributed by atoms with van der Waals surface area (Å²) in [5.74, 6) is 1.33. The van der Waals surface area contributed by atoms with Gasteiger partial charge in [-0.25, -0.2) is 4.98 Å². The molecule has 0 atom stereocenters. The highest BCUT2D eigenvalue weighted by Gasteiger charge is 2.03. The highest BCUT2D eigenvalue weighted by atomic mass is 15.1. The van der Waals surface area contributed by atoms with Crippen LogP contribution in [0.3, 0.4) is 0 Å². The monoisotopic (exact) mass is 201 g/mol. The molecular formula is C12H15N3. The van der Waals surface area contributed by atoms with Crippen LogP contribution in [0.25, 0.3) is 11.0 Å². The summed E-state index contributed by atoms with van der Waals surface area (Å²) < 4.78 is 0. The summed E-state index contributed by atoms with van der Waals surface area (Å²) in [4.78, 5) is 4.46. The van der Waals surface area contributed by atoms with Crippen molar-refractivity contribution < 1.29 is 0 Å². The van der Waals surface area contributed by atoms with Crippen molar-refractivity contribution in [1.29, 1.82) is 0 Å². The predicted octanol–water partition coefficient (Wildman–Crippen LogP) is 2.71. The topological polar surface area (TPSA) is 38.7 Å². The molecule has 0 aliphatic heterocycles. The predicted molar refractivity (Wildman–Crippen MR) is 60.8 cm³/mol. The second-order valence-corrected chi connectivity index (χ2v) is 3.98. The third-order valence-electron chi connectivity index (χ3n) is 2.51. The van der Waals surface area contributed by atoms with E-state index in [0.717, 1.165) is 23.3 Å². The van der Waals surface area contributed by atoms with Gasteiger partial charge in [-0.15, -0.1) is 10.2 Å². The van der Waals surface area contributed by atoms with Gasteiger partial charge in [0.15, 0.2) is 5.82 Å². The largest absolute Gasteiger partial charge is 0.229 e. The van der Waals surface area contributed by atoms with E-state index in [-0.39, 0.29) is 0 Å². The lowest BCUT2D eigenvalue weighted by Crippen LogP contribution is -1.97. The van der Waals surface area contributed by atoms with Gasteiger partial charge in [-0.2, -0.15) is 0 Å². The molecule has 0 aliphatic rings. The maximum absolute atomic E-state index is 4.46. The quantitative estimate of drug-likeness (QED) is 0.749. The van der Waals surface area contributed by atoms with E-state index in [0.29, 0.717) is 5.92 Å². The van der Waals surface area contributed by atoms with Crippen molar-refractivity contribution >= 4 is 11.0 Å². The first kappa shape index (κ1) is 10.0. The van der Waals surface area contributed by atoms with Gasteiger partial charge in [0.2, 0.25) is 0 Å². The van der Waals surface area contributed by atoms with Crippen LogP contribution in [0.15, 0.2) is 18.2 Å². The van der Waals surface area contributed by atoms with E-state index in [9.17, 15) is 0 Å². The minimum absolute atomic E-state index is 0.523. The van der Waals surface area contributed by atoms with Crippen LogP contribution in [0.4, 0.5) is 0 Å². The summed E-state index contributed by atoms with van der Waals surface area (Å²) in [6, 6.07) is 6.19. The van der Waals surface area contributed by atoms with E-state index in [4.69, 9.17) is 0 Å². The number of aromatic nitrogens is 3. The Morgan fingerprint density at radius 3 is 2.60 bits per heavy atom. The fraction of sp³-hybridized carbons (Fsp3) is 0.417. The van der Waals surface area contributed by atoms with Crippen LogP contribution in [-0.2, 0) is 6.42 Å². The molecule has 0 saturated heterocycles. The Kier molecular flexibility index (Phi) is 2.62. The second kappa shape index (κ2) is 3.93. The molecule has 0 unspecified atom stereocenters. The second-order valence-electron chi connectivity index (χ2n) is 3.98. The lowest BCUT2D eigenvalue weighted by atomic mass is 10.0. The summed E-state index contributed by atoms with van der Waals surface area (Å²) >= 11 is 0. The Morgan fingerprint density at radius 2 is 1.93 bits per heavy atom. The summed E-state index contributed by atoms with van der Waals surface area (Å²) in [7, 11) is 0. The Labute approximate surface area is 89.6 Å². The molecule has 0 bridgehead atoms. The highest BCUT2D eigenvalue weighted by molar-refractivity contribution is 5.74. The van der Waals surface area contributed by atoms with Gasteiger partial charge in [-0.1, -0.05) is 26.8 Å². The average Bonchev–Trinajstić information content (AvgIpc) is 2.27. The van der Waals surface area contributed by atoms with Crippen molar-refractivity contribution in [3.8, 4) is 0 Å². The fourth-order valence-corrected chi connectivity index (χ4v) is 1.50. The van der Waals surface area contributed by atoms with Crippen LogP contribution in [-0.4, -0.2) is 15.2 Å². The van der Waals surface area contributed by atoms with Crippen LogP contribution in [0.5, 0.6) is 0 Å². The fourth-order valence-electron chi connectivity index (χ4n) is 1.50. The lowest BCUT2D eigenvalue weighted by Gasteiger charge is -2.05. The summed E-state index contributed by atoms with van der Waals surface area (Å²) in [6.07, 6.45) is 0.828. The van der Waals surface area contributed by atoms with Crippen molar-refractivity contribution in [2.24, 2.45) is 0 Å². The van der Waals surface area contributed by atoms with Gasteiger partial charge < -0.3 is 0 Å². The van der Waals surface area contributed by atoms with Crippen molar-refractivity contribution in [2.45, 2.75) is 33.1 Å².